The third-order valence-corrected chi connectivity index (χ3v) is 2.97. The maximum atomic E-state index is 13.0. The SMILES string of the molecule is O=C1CC(CO)CN1Cc1cc(F)c(F)c(F)c1. The minimum absolute atomic E-state index is 0.0173. The minimum atomic E-state index is -1.51. The summed E-state index contributed by atoms with van der Waals surface area (Å²) < 4.78 is 38.7. The van der Waals surface area contributed by atoms with Crippen molar-refractivity contribution >= 4 is 5.91 Å². The van der Waals surface area contributed by atoms with Crippen molar-refractivity contribution in [2.45, 2.75) is 13.0 Å². The van der Waals surface area contributed by atoms with Crippen molar-refractivity contribution < 1.29 is 23.1 Å². The molecule has 1 saturated heterocycles. The summed E-state index contributed by atoms with van der Waals surface area (Å²) in [4.78, 5) is 12.9. The molecule has 0 bridgehead atoms. The molecule has 0 aromatic heterocycles. The van der Waals surface area contributed by atoms with Crippen molar-refractivity contribution in [3.05, 3.63) is 35.1 Å². The smallest absolute Gasteiger partial charge is 0.223 e. The first-order valence-electron chi connectivity index (χ1n) is 5.53. The molecular formula is C12H12F3NO2. The topological polar surface area (TPSA) is 40.5 Å². The van der Waals surface area contributed by atoms with Gasteiger partial charge in [0.25, 0.3) is 0 Å². The van der Waals surface area contributed by atoms with Crippen LogP contribution in [0.15, 0.2) is 12.1 Å². The number of carbonyl (C=O) groups excluding carboxylic acids is 1. The summed E-state index contributed by atoms with van der Waals surface area (Å²) in [5.74, 6) is -4.38. The predicted molar refractivity (Wildman–Crippen MR) is 56.9 cm³/mol. The molecule has 1 heterocycles. The number of aliphatic hydroxyl groups is 1. The van der Waals surface area contributed by atoms with E-state index in [4.69, 9.17) is 5.11 Å². The number of halogens is 3. The molecule has 1 aromatic rings. The van der Waals surface area contributed by atoms with Gasteiger partial charge in [0, 0.05) is 32.0 Å². The molecule has 0 aliphatic carbocycles. The van der Waals surface area contributed by atoms with E-state index < -0.39 is 17.5 Å². The third kappa shape index (κ3) is 2.48. The average molecular weight is 259 g/mol. The lowest BCUT2D eigenvalue weighted by atomic mass is 10.1. The number of likely N-dealkylation sites (tertiary alicyclic amines) is 1. The molecule has 1 aliphatic heterocycles. The Kier molecular flexibility index (Phi) is 3.56. The van der Waals surface area contributed by atoms with Crippen LogP contribution >= 0.6 is 0 Å². The van der Waals surface area contributed by atoms with Gasteiger partial charge in [-0.15, -0.1) is 0 Å². The number of aliphatic hydroxyl groups excluding tert-OH is 1. The Morgan fingerprint density at radius 1 is 1.28 bits per heavy atom. The predicted octanol–water partition coefficient (Wildman–Crippen LogP) is 1.44. The maximum absolute atomic E-state index is 13.0. The Morgan fingerprint density at radius 2 is 1.89 bits per heavy atom. The van der Waals surface area contributed by atoms with Gasteiger partial charge in [-0.3, -0.25) is 4.79 Å². The summed E-state index contributed by atoms with van der Waals surface area (Å²) >= 11 is 0. The molecule has 98 valence electrons. The molecule has 18 heavy (non-hydrogen) atoms. The molecule has 6 heteroatoms. The normalized spacial score (nSPS) is 19.7. The zero-order valence-electron chi connectivity index (χ0n) is 9.50. The monoisotopic (exact) mass is 259 g/mol. The van der Waals surface area contributed by atoms with Gasteiger partial charge in [-0.2, -0.15) is 0 Å². The van der Waals surface area contributed by atoms with Crippen LogP contribution in [0.5, 0.6) is 0 Å². The molecular weight excluding hydrogens is 247 g/mol. The Bertz CT molecular complexity index is 455. The lowest BCUT2D eigenvalue weighted by Gasteiger charge is -2.16. The second-order valence-electron chi connectivity index (χ2n) is 4.40. The Labute approximate surface area is 102 Å². The largest absolute Gasteiger partial charge is 0.396 e. The van der Waals surface area contributed by atoms with Crippen LogP contribution in [0.25, 0.3) is 0 Å². The van der Waals surface area contributed by atoms with Crippen LogP contribution in [0.2, 0.25) is 0 Å². The number of hydrogen-bond donors (Lipinski definition) is 1. The summed E-state index contributed by atoms with van der Waals surface area (Å²) in [6.45, 7) is 0.258. The van der Waals surface area contributed by atoms with Crippen LogP contribution < -0.4 is 0 Å². The third-order valence-electron chi connectivity index (χ3n) is 2.97. The van der Waals surface area contributed by atoms with Crippen LogP contribution in [-0.4, -0.2) is 29.1 Å². The van der Waals surface area contributed by atoms with Gasteiger partial charge in [0.15, 0.2) is 17.5 Å². The molecule has 1 atom stereocenters. The minimum Gasteiger partial charge on any atom is -0.396 e. The van der Waals surface area contributed by atoms with Crippen LogP contribution in [0.4, 0.5) is 13.2 Å². The molecule has 1 N–H and O–H groups in total. The number of benzene rings is 1. The summed E-state index contributed by atoms with van der Waals surface area (Å²) in [6, 6.07) is 1.75. The molecule has 1 amide bonds. The van der Waals surface area contributed by atoms with Crippen molar-refractivity contribution in [1.82, 2.24) is 4.90 Å². The quantitative estimate of drug-likeness (QED) is 0.834. The molecule has 1 aliphatic rings. The van der Waals surface area contributed by atoms with Crippen LogP contribution in [0, 0.1) is 23.4 Å². The molecule has 1 unspecified atom stereocenters. The fourth-order valence-electron chi connectivity index (χ4n) is 2.05. The highest BCUT2D eigenvalue weighted by atomic mass is 19.2. The highest BCUT2D eigenvalue weighted by Gasteiger charge is 2.29. The van der Waals surface area contributed by atoms with Crippen LogP contribution in [-0.2, 0) is 11.3 Å². The summed E-state index contributed by atoms with van der Waals surface area (Å²) in [6.07, 6.45) is 0.225. The van der Waals surface area contributed by atoms with E-state index in [1.165, 1.54) is 4.90 Å². The van der Waals surface area contributed by atoms with Gasteiger partial charge in [-0.1, -0.05) is 0 Å². The van der Waals surface area contributed by atoms with Gasteiger partial charge in [0.2, 0.25) is 5.91 Å². The van der Waals surface area contributed by atoms with Gasteiger partial charge in [0.05, 0.1) is 0 Å². The van der Waals surface area contributed by atoms with Crippen molar-refractivity contribution in [3.8, 4) is 0 Å². The first kappa shape index (κ1) is 12.9. The Hall–Kier alpha value is -1.56. The standard InChI is InChI=1S/C12H12F3NO2/c13-9-1-7(2-10(14)12(9)15)4-16-5-8(6-17)3-11(16)18/h1-2,8,17H,3-6H2. The van der Waals surface area contributed by atoms with Crippen molar-refractivity contribution in [2.75, 3.05) is 13.2 Å². The zero-order chi connectivity index (χ0) is 13.3. The van der Waals surface area contributed by atoms with E-state index >= 15 is 0 Å². The first-order chi connectivity index (χ1) is 8.51. The second-order valence-corrected chi connectivity index (χ2v) is 4.40. The van der Waals surface area contributed by atoms with Gasteiger partial charge in [0.1, 0.15) is 0 Å². The van der Waals surface area contributed by atoms with E-state index in [9.17, 15) is 18.0 Å². The Balaban J connectivity index is 2.13. The van der Waals surface area contributed by atoms with E-state index in [1.54, 1.807) is 0 Å². The number of nitrogens with zero attached hydrogens (tertiary/aromatic N) is 1. The van der Waals surface area contributed by atoms with Crippen molar-refractivity contribution in [1.29, 1.82) is 0 Å². The summed E-state index contributed by atoms with van der Waals surface area (Å²) in [7, 11) is 0. The molecule has 0 radical (unpaired) electrons. The fourth-order valence-corrected chi connectivity index (χ4v) is 2.05. The van der Waals surface area contributed by atoms with E-state index in [0.29, 0.717) is 6.54 Å². The molecule has 0 spiro atoms. The average Bonchev–Trinajstić information content (AvgIpc) is 2.67. The number of amides is 1. The highest BCUT2D eigenvalue weighted by Crippen LogP contribution is 2.21. The number of hydrogen-bond acceptors (Lipinski definition) is 2. The first-order valence-corrected chi connectivity index (χ1v) is 5.53. The molecule has 3 nitrogen and oxygen atoms in total. The second kappa shape index (κ2) is 4.97. The molecule has 0 saturated carbocycles. The zero-order valence-corrected chi connectivity index (χ0v) is 9.50. The summed E-state index contributed by atoms with van der Waals surface area (Å²) in [5.41, 5.74) is 0.193. The van der Waals surface area contributed by atoms with E-state index in [2.05, 4.69) is 0 Å². The van der Waals surface area contributed by atoms with E-state index in [0.717, 1.165) is 12.1 Å². The molecule has 1 fully saturated rings. The van der Waals surface area contributed by atoms with Crippen molar-refractivity contribution in [3.63, 3.8) is 0 Å². The van der Waals surface area contributed by atoms with E-state index in [1.807, 2.05) is 0 Å². The van der Waals surface area contributed by atoms with Crippen LogP contribution in [0.1, 0.15) is 12.0 Å². The summed E-state index contributed by atoms with van der Waals surface area (Å²) in [5, 5.41) is 8.94. The van der Waals surface area contributed by atoms with Gasteiger partial charge < -0.3 is 10.0 Å². The highest BCUT2D eigenvalue weighted by molar-refractivity contribution is 5.78. The maximum Gasteiger partial charge on any atom is 0.223 e. The van der Waals surface area contributed by atoms with E-state index in [-0.39, 0.29) is 37.0 Å². The van der Waals surface area contributed by atoms with Crippen LogP contribution in [0.3, 0.4) is 0 Å². The van der Waals surface area contributed by atoms with Gasteiger partial charge in [-0.25, -0.2) is 13.2 Å². The van der Waals surface area contributed by atoms with Gasteiger partial charge in [-0.05, 0) is 17.7 Å². The van der Waals surface area contributed by atoms with Crippen molar-refractivity contribution in [2.24, 2.45) is 5.92 Å². The number of carbonyl (C=O) groups is 1. The lowest BCUT2D eigenvalue weighted by Crippen LogP contribution is -2.25. The lowest BCUT2D eigenvalue weighted by molar-refractivity contribution is -0.128. The number of rotatable bonds is 3. The Morgan fingerprint density at radius 3 is 2.39 bits per heavy atom. The van der Waals surface area contributed by atoms with Gasteiger partial charge >= 0.3 is 0 Å². The molecule has 2 rings (SSSR count). The fraction of sp³-hybridized carbons (Fsp3) is 0.417. The molecule has 1 aromatic carbocycles.